The molecular weight excluding hydrogens is 472 g/mol. The van der Waals surface area contributed by atoms with Crippen molar-refractivity contribution in [3.05, 3.63) is 91.9 Å². The van der Waals surface area contributed by atoms with E-state index in [4.69, 9.17) is 0 Å². The molecule has 1 aliphatic rings. The molecule has 2 amide bonds. The molecule has 0 unspecified atom stereocenters. The molecule has 3 aromatic rings. The lowest BCUT2D eigenvalue weighted by Gasteiger charge is -2.30. The number of nitrogens with zero attached hydrogens (tertiary/aromatic N) is 2. The predicted molar refractivity (Wildman–Crippen MR) is 129 cm³/mol. The van der Waals surface area contributed by atoms with Crippen molar-refractivity contribution in [3.8, 4) is 0 Å². The van der Waals surface area contributed by atoms with Gasteiger partial charge in [0.1, 0.15) is 11.6 Å². The van der Waals surface area contributed by atoms with Gasteiger partial charge in [-0.1, -0.05) is 6.07 Å². The third-order valence-electron chi connectivity index (χ3n) is 5.93. The number of nitrogens with one attached hydrogen (secondary N) is 1. The number of fused-ring (bicyclic) bond motifs is 1. The first-order valence-electron chi connectivity index (χ1n) is 11.0. The van der Waals surface area contributed by atoms with Gasteiger partial charge in [0.15, 0.2) is 5.78 Å². The Morgan fingerprint density at radius 1 is 1.23 bits per heavy atom. The monoisotopic (exact) mass is 495 g/mol. The van der Waals surface area contributed by atoms with Gasteiger partial charge >= 0.3 is 0 Å². The number of Topliss-reactive ketones (excluding diaryl/α,β-unsaturated/α-hetero) is 1. The molecule has 4 rings (SSSR count). The van der Waals surface area contributed by atoms with Gasteiger partial charge in [0.05, 0.1) is 10.4 Å². The first-order chi connectivity index (χ1) is 16.7. The Morgan fingerprint density at radius 2 is 1.97 bits per heavy atom. The number of hydrogen-bond acceptors (Lipinski definition) is 5. The van der Waals surface area contributed by atoms with Gasteiger partial charge in [0, 0.05) is 48.5 Å². The molecule has 2 aromatic heterocycles. The van der Waals surface area contributed by atoms with Crippen LogP contribution in [0.25, 0.3) is 6.08 Å². The number of hydrogen-bond donors (Lipinski definition) is 1. The van der Waals surface area contributed by atoms with Crippen LogP contribution < -0.4 is 5.32 Å². The van der Waals surface area contributed by atoms with E-state index in [-0.39, 0.29) is 29.7 Å². The van der Waals surface area contributed by atoms with Crippen LogP contribution in [0, 0.1) is 18.6 Å². The standard InChI is InChI=1S/C26H23F2N3O3S/c1-15-21(12-30-26(34)17-10-24(16(2)32)35-14-17)19-8-9-31(13-18(19)11-29-15)25(33)7-6-20-22(27)4-3-5-23(20)28/h3-7,10-11,14H,8-9,12-13H2,1-2H3,(H,30,34)/b7-6+. The van der Waals surface area contributed by atoms with Crippen LogP contribution in [0.15, 0.2) is 41.9 Å². The molecule has 35 heavy (non-hydrogen) atoms. The molecule has 0 saturated carbocycles. The van der Waals surface area contributed by atoms with Crippen molar-refractivity contribution < 1.29 is 23.2 Å². The zero-order valence-electron chi connectivity index (χ0n) is 19.2. The highest BCUT2D eigenvalue weighted by Crippen LogP contribution is 2.25. The summed E-state index contributed by atoms with van der Waals surface area (Å²) in [5, 5.41) is 4.55. The van der Waals surface area contributed by atoms with Gasteiger partial charge in [-0.3, -0.25) is 19.4 Å². The van der Waals surface area contributed by atoms with E-state index in [1.54, 1.807) is 22.5 Å². The Kier molecular flexibility index (Phi) is 7.16. The van der Waals surface area contributed by atoms with Gasteiger partial charge in [-0.15, -0.1) is 11.3 Å². The number of thiophene rings is 1. The van der Waals surface area contributed by atoms with E-state index in [0.717, 1.165) is 40.6 Å². The second-order valence-corrected chi connectivity index (χ2v) is 9.15. The van der Waals surface area contributed by atoms with Crippen molar-refractivity contribution in [2.75, 3.05) is 6.54 Å². The van der Waals surface area contributed by atoms with Gasteiger partial charge in [0.2, 0.25) is 5.91 Å². The fourth-order valence-corrected chi connectivity index (χ4v) is 4.78. The summed E-state index contributed by atoms with van der Waals surface area (Å²) < 4.78 is 27.7. The van der Waals surface area contributed by atoms with E-state index in [1.807, 2.05) is 6.92 Å². The third-order valence-corrected chi connectivity index (χ3v) is 6.96. The van der Waals surface area contributed by atoms with Crippen molar-refractivity contribution in [2.24, 2.45) is 0 Å². The average Bonchev–Trinajstić information content (AvgIpc) is 3.33. The first kappa shape index (κ1) is 24.4. The molecule has 1 aromatic carbocycles. The summed E-state index contributed by atoms with van der Waals surface area (Å²) in [4.78, 5) is 43.3. The van der Waals surface area contributed by atoms with Gasteiger partial charge in [0.25, 0.3) is 5.91 Å². The molecule has 0 fully saturated rings. The van der Waals surface area contributed by atoms with Crippen LogP contribution in [0.1, 0.15) is 54.9 Å². The molecule has 1 N–H and O–H groups in total. The molecule has 0 saturated heterocycles. The number of amides is 2. The largest absolute Gasteiger partial charge is 0.348 e. The Bertz CT molecular complexity index is 1330. The zero-order valence-corrected chi connectivity index (χ0v) is 20.0. The Hall–Kier alpha value is -3.72. The number of carbonyl (C=O) groups excluding carboxylic acids is 3. The SMILES string of the molecule is CC(=O)c1cc(C(=O)NCc2c(C)ncc3c2CCN(C(=O)/C=C/c2c(F)cccc2F)C3)cs1. The quantitative estimate of drug-likeness (QED) is 0.405. The highest BCUT2D eigenvalue weighted by atomic mass is 32.1. The van der Waals surface area contributed by atoms with Crippen molar-refractivity contribution >= 4 is 35.0 Å². The second-order valence-electron chi connectivity index (χ2n) is 8.24. The lowest BCUT2D eigenvalue weighted by Crippen LogP contribution is -2.36. The third kappa shape index (κ3) is 5.35. The number of carbonyl (C=O) groups is 3. The molecular formula is C26H23F2N3O3S. The maximum Gasteiger partial charge on any atom is 0.252 e. The smallest absolute Gasteiger partial charge is 0.252 e. The van der Waals surface area contributed by atoms with Crippen LogP contribution in [0.5, 0.6) is 0 Å². The van der Waals surface area contributed by atoms with Crippen LogP contribution in [0.2, 0.25) is 0 Å². The van der Waals surface area contributed by atoms with E-state index >= 15 is 0 Å². The maximum absolute atomic E-state index is 13.8. The highest BCUT2D eigenvalue weighted by Gasteiger charge is 2.23. The van der Waals surface area contributed by atoms with Crippen LogP contribution in [-0.2, 0) is 24.3 Å². The highest BCUT2D eigenvalue weighted by molar-refractivity contribution is 7.12. The van der Waals surface area contributed by atoms with Crippen LogP contribution in [0.4, 0.5) is 8.78 Å². The minimum atomic E-state index is -0.732. The number of rotatable bonds is 6. The fraction of sp³-hybridized carbons (Fsp3) is 0.231. The number of benzene rings is 1. The number of halogens is 2. The van der Waals surface area contributed by atoms with E-state index < -0.39 is 11.6 Å². The van der Waals surface area contributed by atoms with Gasteiger partial charge in [-0.2, -0.15) is 0 Å². The molecule has 1 aliphatic heterocycles. The zero-order chi connectivity index (χ0) is 25.1. The number of aryl methyl sites for hydroxylation is 1. The first-order valence-corrected chi connectivity index (χ1v) is 11.9. The minimum absolute atomic E-state index is 0.0841. The van der Waals surface area contributed by atoms with E-state index in [1.165, 1.54) is 30.4 Å². The summed E-state index contributed by atoms with van der Waals surface area (Å²) >= 11 is 1.23. The molecule has 0 bridgehead atoms. The molecule has 0 radical (unpaired) electrons. The summed E-state index contributed by atoms with van der Waals surface area (Å²) in [6.07, 6.45) is 4.60. The van der Waals surface area contributed by atoms with Crippen molar-refractivity contribution in [1.29, 1.82) is 0 Å². The fourth-order valence-electron chi connectivity index (χ4n) is 3.99. The normalized spacial score (nSPS) is 13.1. The molecule has 6 nitrogen and oxygen atoms in total. The van der Waals surface area contributed by atoms with Crippen molar-refractivity contribution in [1.82, 2.24) is 15.2 Å². The lowest BCUT2D eigenvalue weighted by molar-refractivity contribution is -0.126. The Morgan fingerprint density at radius 3 is 2.66 bits per heavy atom. The van der Waals surface area contributed by atoms with Crippen LogP contribution >= 0.6 is 11.3 Å². The molecule has 180 valence electrons. The van der Waals surface area contributed by atoms with Crippen molar-refractivity contribution in [3.63, 3.8) is 0 Å². The lowest BCUT2D eigenvalue weighted by atomic mass is 9.94. The van der Waals surface area contributed by atoms with Crippen molar-refractivity contribution in [2.45, 2.75) is 33.4 Å². The Labute approximate surface area is 205 Å². The molecule has 9 heteroatoms. The van der Waals surface area contributed by atoms with E-state index in [9.17, 15) is 23.2 Å². The van der Waals surface area contributed by atoms with Gasteiger partial charge in [-0.25, -0.2) is 8.78 Å². The molecule has 3 heterocycles. The van der Waals surface area contributed by atoms with Crippen LogP contribution in [0.3, 0.4) is 0 Å². The van der Waals surface area contributed by atoms with Gasteiger partial charge in [-0.05, 0) is 61.2 Å². The van der Waals surface area contributed by atoms with E-state index in [0.29, 0.717) is 30.0 Å². The molecule has 0 aliphatic carbocycles. The maximum atomic E-state index is 13.8. The topological polar surface area (TPSA) is 79.4 Å². The second kappa shape index (κ2) is 10.3. The number of pyridine rings is 1. The molecule has 0 spiro atoms. The van der Waals surface area contributed by atoms with E-state index in [2.05, 4.69) is 10.3 Å². The minimum Gasteiger partial charge on any atom is -0.348 e. The van der Waals surface area contributed by atoms with Gasteiger partial charge < -0.3 is 10.2 Å². The van der Waals surface area contributed by atoms with Crippen LogP contribution in [-0.4, -0.2) is 34.0 Å². The summed E-state index contributed by atoms with van der Waals surface area (Å²) in [5.74, 6) is -2.18. The summed E-state index contributed by atoms with van der Waals surface area (Å²) in [5.41, 5.74) is 3.75. The number of aromatic nitrogens is 1. The number of ketones is 1. The predicted octanol–water partition coefficient (Wildman–Crippen LogP) is 4.46. The molecule has 0 atom stereocenters. The summed E-state index contributed by atoms with van der Waals surface area (Å²) in [7, 11) is 0. The summed E-state index contributed by atoms with van der Waals surface area (Å²) in [6.45, 7) is 4.32. The average molecular weight is 496 g/mol. The Balaban J connectivity index is 1.45. The summed E-state index contributed by atoms with van der Waals surface area (Å²) in [6, 6.07) is 5.13.